The van der Waals surface area contributed by atoms with Gasteiger partial charge in [0.15, 0.2) is 0 Å². The monoisotopic (exact) mass is 329 g/mol. The van der Waals surface area contributed by atoms with E-state index in [0.717, 1.165) is 33.2 Å². The van der Waals surface area contributed by atoms with Crippen molar-refractivity contribution in [3.8, 4) is 0 Å². The molecule has 0 aliphatic heterocycles. The van der Waals surface area contributed by atoms with Crippen LogP contribution < -0.4 is 5.32 Å². The van der Waals surface area contributed by atoms with Crippen LogP contribution in [0.3, 0.4) is 0 Å². The third-order valence-corrected chi connectivity index (χ3v) is 4.43. The van der Waals surface area contributed by atoms with Crippen LogP contribution >= 0.6 is 0 Å². The molecular weight excluding hydrogens is 310 g/mol. The van der Waals surface area contributed by atoms with E-state index in [1.807, 2.05) is 55.5 Å². The highest BCUT2D eigenvalue weighted by Gasteiger charge is 2.14. The van der Waals surface area contributed by atoms with Crippen molar-refractivity contribution in [3.05, 3.63) is 78.1 Å². The summed E-state index contributed by atoms with van der Waals surface area (Å²) >= 11 is 0. The highest BCUT2D eigenvalue weighted by molar-refractivity contribution is 5.90. The summed E-state index contributed by atoms with van der Waals surface area (Å²) in [5.41, 5.74) is 2.92. The Morgan fingerprint density at radius 3 is 2.68 bits per heavy atom. The number of hydrogen-bond acceptors (Lipinski definition) is 2. The van der Waals surface area contributed by atoms with Crippen LogP contribution in [0.2, 0.25) is 0 Å². The van der Waals surface area contributed by atoms with Gasteiger partial charge in [-0.1, -0.05) is 54.6 Å². The van der Waals surface area contributed by atoms with Crippen molar-refractivity contribution >= 4 is 27.7 Å². The third-order valence-electron chi connectivity index (χ3n) is 4.43. The van der Waals surface area contributed by atoms with Gasteiger partial charge in [-0.25, -0.2) is 4.98 Å². The number of benzene rings is 3. The number of H-pyrrole nitrogens is 1. The standard InChI is InChI=1S/C21H19N3O/c1-14(21-23-18-11-4-5-12-19(18)24-21)22-20(25)13-16-9-6-8-15-7-2-3-10-17(15)16/h2-12,14H,13H2,1H3,(H,22,25)(H,23,24). The zero-order chi connectivity index (χ0) is 17.2. The number of para-hydroxylation sites is 2. The van der Waals surface area contributed by atoms with E-state index in [4.69, 9.17) is 0 Å². The molecule has 4 aromatic rings. The van der Waals surface area contributed by atoms with Crippen LogP contribution in [0.15, 0.2) is 66.7 Å². The van der Waals surface area contributed by atoms with E-state index in [1.165, 1.54) is 0 Å². The second-order valence-corrected chi connectivity index (χ2v) is 6.24. The van der Waals surface area contributed by atoms with E-state index in [-0.39, 0.29) is 11.9 Å². The van der Waals surface area contributed by atoms with Gasteiger partial charge < -0.3 is 10.3 Å². The summed E-state index contributed by atoms with van der Waals surface area (Å²) in [5, 5.41) is 5.31. The summed E-state index contributed by atoms with van der Waals surface area (Å²) in [5.74, 6) is 0.761. The Morgan fingerprint density at radius 2 is 1.80 bits per heavy atom. The zero-order valence-corrected chi connectivity index (χ0v) is 14.0. The molecule has 1 amide bonds. The summed E-state index contributed by atoms with van der Waals surface area (Å²) in [6.07, 6.45) is 0.353. The lowest BCUT2D eigenvalue weighted by atomic mass is 10.0. The number of aromatic nitrogens is 2. The zero-order valence-electron chi connectivity index (χ0n) is 14.0. The maximum Gasteiger partial charge on any atom is 0.225 e. The normalized spacial score (nSPS) is 12.4. The number of imidazole rings is 1. The van der Waals surface area contributed by atoms with Gasteiger partial charge in [-0.05, 0) is 35.4 Å². The molecule has 0 radical (unpaired) electrons. The fourth-order valence-corrected chi connectivity index (χ4v) is 3.16. The summed E-state index contributed by atoms with van der Waals surface area (Å²) < 4.78 is 0. The summed E-state index contributed by atoms with van der Waals surface area (Å²) in [7, 11) is 0. The first kappa shape index (κ1) is 15.4. The SMILES string of the molecule is CC(NC(=O)Cc1cccc2ccccc12)c1nc2ccccc2[nH]1. The van der Waals surface area contributed by atoms with Gasteiger partial charge in [-0.2, -0.15) is 0 Å². The van der Waals surface area contributed by atoms with Gasteiger partial charge in [0.25, 0.3) is 0 Å². The molecule has 4 nitrogen and oxygen atoms in total. The fourth-order valence-electron chi connectivity index (χ4n) is 3.16. The molecule has 4 heteroatoms. The fraction of sp³-hybridized carbons (Fsp3) is 0.143. The maximum absolute atomic E-state index is 12.5. The van der Waals surface area contributed by atoms with Crippen molar-refractivity contribution in [2.24, 2.45) is 0 Å². The first-order chi connectivity index (χ1) is 12.2. The van der Waals surface area contributed by atoms with Gasteiger partial charge >= 0.3 is 0 Å². The molecule has 2 N–H and O–H groups in total. The van der Waals surface area contributed by atoms with E-state index in [2.05, 4.69) is 33.5 Å². The first-order valence-corrected chi connectivity index (χ1v) is 8.41. The Labute approximate surface area is 145 Å². The number of rotatable bonds is 4. The van der Waals surface area contributed by atoms with Gasteiger partial charge in [-0.15, -0.1) is 0 Å². The van der Waals surface area contributed by atoms with Crippen molar-refractivity contribution in [1.82, 2.24) is 15.3 Å². The molecule has 0 spiro atoms. The van der Waals surface area contributed by atoms with E-state index in [9.17, 15) is 4.79 Å². The Morgan fingerprint density at radius 1 is 1.04 bits per heavy atom. The van der Waals surface area contributed by atoms with E-state index in [0.29, 0.717) is 6.42 Å². The molecule has 0 fully saturated rings. The molecular formula is C21H19N3O. The number of aromatic amines is 1. The van der Waals surface area contributed by atoms with Gasteiger partial charge in [0.05, 0.1) is 23.5 Å². The minimum atomic E-state index is -0.171. The lowest BCUT2D eigenvalue weighted by molar-refractivity contribution is -0.121. The molecule has 124 valence electrons. The summed E-state index contributed by atoms with van der Waals surface area (Å²) in [6.45, 7) is 1.94. The topological polar surface area (TPSA) is 57.8 Å². The van der Waals surface area contributed by atoms with Crippen LogP contribution in [0.25, 0.3) is 21.8 Å². The third kappa shape index (κ3) is 3.11. The molecule has 1 atom stereocenters. The molecule has 1 unspecified atom stereocenters. The van der Waals surface area contributed by atoms with Crippen LogP contribution in [0, 0.1) is 0 Å². The number of fused-ring (bicyclic) bond motifs is 2. The lowest BCUT2D eigenvalue weighted by Gasteiger charge is -2.12. The molecule has 0 aliphatic carbocycles. The molecule has 0 aliphatic rings. The minimum absolute atomic E-state index is 0.00990. The Bertz CT molecular complexity index is 1010. The van der Waals surface area contributed by atoms with Crippen molar-refractivity contribution in [1.29, 1.82) is 0 Å². The van der Waals surface area contributed by atoms with Crippen molar-refractivity contribution in [3.63, 3.8) is 0 Å². The molecule has 4 rings (SSSR count). The van der Waals surface area contributed by atoms with Gasteiger partial charge in [0.1, 0.15) is 5.82 Å². The number of carbonyl (C=O) groups excluding carboxylic acids is 1. The number of nitrogens with one attached hydrogen (secondary N) is 2. The van der Waals surface area contributed by atoms with Gasteiger partial charge in [0.2, 0.25) is 5.91 Å². The maximum atomic E-state index is 12.5. The molecule has 3 aromatic carbocycles. The van der Waals surface area contributed by atoms with Crippen LogP contribution in [-0.2, 0) is 11.2 Å². The van der Waals surface area contributed by atoms with E-state index < -0.39 is 0 Å². The number of carbonyl (C=O) groups is 1. The second-order valence-electron chi connectivity index (χ2n) is 6.24. The van der Waals surface area contributed by atoms with Crippen LogP contribution in [0.5, 0.6) is 0 Å². The Kier molecular flexibility index (Phi) is 3.94. The number of nitrogens with zero attached hydrogens (tertiary/aromatic N) is 1. The van der Waals surface area contributed by atoms with Gasteiger partial charge in [-0.3, -0.25) is 4.79 Å². The molecule has 0 saturated heterocycles. The predicted octanol–water partition coefficient (Wildman–Crippen LogP) is 4.14. The highest BCUT2D eigenvalue weighted by Crippen LogP contribution is 2.20. The molecule has 0 bridgehead atoms. The molecule has 25 heavy (non-hydrogen) atoms. The predicted molar refractivity (Wildman–Crippen MR) is 100 cm³/mol. The number of hydrogen-bond donors (Lipinski definition) is 2. The summed E-state index contributed by atoms with van der Waals surface area (Å²) in [6, 6.07) is 21.9. The first-order valence-electron chi connectivity index (χ1n) is 8.41. The average Bonchev–Trinajstić information content (AvgIpc) is 3.06. The highest BCUT2D eigenvalue weighted by atomic mass is 16.1. The minimum Gasteiger partial charge on any atom is -0.346 e. The van der Waals surface area contributed by atoms with Gasteiger partial charge in [0, 0.05) is 0 Å². The van der Waals surface area contributed by atoms with Crippen molar-refractivity contribution in [2.75, 3.05) is 0 Å². The molecule has 0 saturated carbocycles. The average molecular weight is 329 g/mol. The Hall–Kier alpha value is -3.14. The number of amides is 1. The van der Waals surface area contributed by atoms with Crippen molar-refractivity contribution < 1.29 is 4.79 Å². The van der Waals surface area contributed by atoms with E-state index in [1.54, 1.807) is 0 Å². The quantitative estimate of drug-likeness (QED) is 0.591. The Balaban J connectivity index is 1.51. The molecule has 1 aromatic heterocycles. The smallest absolute Gasteiger partial charge is 0.225 e. The largest absolute Gasteiger partial charge is 0.346 e. The second kappa shape index (κ2) is 6.40. The van der Waals surface area contributed by atoms with Crippen LogP contribution in [0.1, 0.15) is 24.4 Å². The van der Waals surface area contributed by atoms with Crippen LogP contribution in [-0.4, -0.2) is 15.9 Å². The lowest BCUT2D eigenvalue weighted by Crippen LogP contribution is -2.28. The van der Waals surface area contributed by atoms with Crippen molar-refractivity contribution in [2.45, 2.75) is 19.4 Å². The summed E-state index contributed by atoms with van der Waals surface area (Å²) in [4.78, 5) is 20.3. The van der Waals surface area contributed by atoms with Crippen LogP contribution in [0.4, 0.5) is 0 Å². The van der Waals surface area contributed by atoms with E-state index >= 15 is 0 Å². The molecule has 1 heterocycles.